The number of likely N-dealkylation sites (tertiary alicyclic amines) is 1. The van der Waals surface area contributed by atoms with Crippen LogP contribution in [0.15, 0.2) is 24.3 Å². The van der Waals surface area contributed by atoms with Crippen LogP contribution in [-0.2, 0) is 19.1 Å². The second-order valence-corrected chi connectivity index (χ2v) is 11.9. The highest BCUT2D eigenvalue weighted by molar-refractivity contribution is 5.99. The fourth-order valence-electron chi connectivity index (χ4n) is 6.00. The number of piperazine rings is 1. The third-order valence-electron chi connectivity index (χ3n) is 8.51. The van der Waals surface area contributed by atoms with E-state index < -0.39 is 23.6 Å². The molecule has 1 saturated carbocycles. The molecule has 0 radical (unpaired) electrons. The number of rotatable bonds is 6. The predicted octanol–water partition coefficient (Wildman–Crippen LogP) is 1.70. The predicted molar refractivity (Wildman–Crippen MR) is 140 cm³/mol. The number of carbonyl (C=O) groups is 3. The normalized spacial score (nSPS) is 27.7. The third kappa shape index (κ3) is 5.13. The molecule has 1 N–H and O–H groups in total. The van der Waals surface area contributed by atoms with Crippen LogP contribution in [0.3, 0.4) is 0 Å². The van der Waals surface area contributed by atoms with E-state index in [1.165, 1.54) is 24.2 Å². The maximum absolute atomic E-state index is 13.7. The number of hydrogen-bond acceptors (Lipinski definition) is 7. The van der Waals surface area contributed by atoms with Gasteiger partial charge in [0.25, 0.3) is 5.91 Å². The highest BCUT2D eigenvalue weighted by atomic mass is 16.5. The second-order valence-electron chi connectivity index (χ2n) is 11.9. The average Bonchev–Trinajstić information content (AvgIpc) is 3.41. The van der Waals surface area contributed by atoms with Crippen molar-refractivity contribution in [2.75, 3.05) is 51.3 Å². The first-order valence-corrected chi connectivity index (χ1v) is 13.5. The van der Waals surface area contributed by atoms with Crippen molar-refractivity contribution < 1.29 is 23.9 Å². The first-order chi connectivity index (χ1) is 17.7. The van der Waals surface area contributed by atoms with Crippen LogP contribution in [0.4, 0.5) is 5.69 Å². The van der Waals surface area contributed by atoms with Gasteiger partial charge in [-0.3, -0.25) is 19.3 Å². The van der Waals surface area contributed by atoms with E-state index in [0.29, 0.717) is 5.56 Å². The number of ketones is 1. The summed E-state index contributed by atoms with van der Waals surface area (Å²) < 4.78 is 11.1. The van der Waals surface area contributed by atoms with Crippen LogP contribution in [0, 0.1) is 5.41 Å². The van der Waals surface area contributed by atoms with Crippen LogP contribution >= 0.6 is 0 Å². The van der Waals surface area contributed by atoms with Gasteiger partial charge < -0.3 is 24.6 Å². The molecule has 3 heterocycles. The smallest absolute Gasteiger partial charge is 0.251 e. The summed E-state index contributed by atoms with van der Waals surface area (Å²) in [6.07, 6.45) is 3.20. The van der Waals surface area contributed by atoms with E-state index >= 15 is 0 Å². The van der Waals surface area contributed by atoms with Crippen LogP contribution < -0.4 is 10.2 Å². The lowest BCUT2D eigenvalue weighted by Gasteiger charge is -2.43. The molecule has 202 valence electrons. The number of nitrogens with zero attached hydrogens (tertiary/aromatic N) is 3. The topological polar surface area (TPSA) is 91.4 Å². The fraction of sp³-hybridized carbons (Fsp3) is 0.679. The highest BCUT2D eigenvalue weighted by Crippen LogP contribution is 2.32. The van der Waals surface area contributed by atoms with E-state index in [4.69, 9.17) is 9.47 Å². The standard InChI is InChI=1S/C28H40N4O5/c1-28(2,3)25(27(35)32-16-22(36-4)24-23(32)21(33)17-37-24)29-26(34)18-8-10-20(11-9-18)31-14-12-30(13-15-31)19-6-5-7-19/h8-11,19,22-25H,5-7,12-17H2,1-4H3,(H,29,34)/t22-,23+,24+,25+/m0/s1. The number of anilines is 1. The Hall–Kier alpha value is -2.49. The van der Waals surface area contributed by atoms with Crippen LogP contribution in [0.2, 0.25) is 0 Å². The van der Waals surface area contributed by atoms with Gasteiger partial charge in [0.2, 0.25) is 5.91 Å². The molecular formula is C28H40N4O5. The molecule has 0 unspecified atom stereocenters. The zero-order valence-corrected chi connectivity index (χ0v) is 22.4. The molecule has 4 atom stereocenters. The summed E-state index contributed by atoms with van der Waals surface area (Å²) in [6.45, 7) is 10.1. The Morgan fingerprint density at radius 3 is 2.32 bits per heavy atom. The van der Waals surface area contributed by atoms with Gasteiger partial charge in [-0.15, -0.1) is 0 Å². The number of nitrogens with one attached hydrogen (secondary N) is 1. The Bertz CT molecular complexity index is 1010. The van der Waals surface area contributed by atoms with E-state index in [0.717, 1.165) is 37.9 Å². The number of methoxy groups -OCH3 is 1. The van der Waals surface area contributed by atoms with Gasteiger partial charge in [-0.2, -0.15) is 0 Å². The molecule has 3 aliphatic heterocycles. The number of carbonyl (C=O) groups excluding carboxylic acids is 3. The summed E-state index contributed by atoms with van der Waals surface area (Å²) in [6, 6.07) is 6.95. The van der Waals surface area contributed by atoms with Crippen molar-refractivity contribution >= 4 is 23.3 Å². The molecule has 2 amide bonds. The second kappa shape index (κ2) is 10.3. The number of amides is 2. The molecule has 0 aromatic heterocycles. The Labute approximate surface area is 219 Å². The Balaban J connectivity index is 1.24. The van der Waals surface area contributed by atoms with Crippen LogP contribution in [0.25, 0.3) is 0 Å². The summed E-state index contributed by atoms with van der Waals surface area (Å²) in [5, 5.41) is 2.96. The zero-order valence-electron chi connectivity index (χ0n) is 22.4. The molecule has 9 nitrogen and oxygen atoms in total. The minimum Gasteiger partial charge on any atom is -0.377 e. The van der Waals surface area contributed by atoms with Crippen molar-refractivity contribution in [3.8, 4) is 0 Å². The van der Waals surface area contributed by atoms with E-state index in [-0.39, 0.29) is 36.9 Å². The SMILES string of the molecule is CO[C@H]1CN(C(=O)[C@@H](NC(=O)c2ccc(N3CCN(C4CCC4)CC3)cc2)C(C)(C)C)[C@@H]2C(=O)CO[C@H]12. The molecule has 4 aliphatic rings. The summed E-state index contributed by atoms with van der Waals surface area (Å²) >= 11 is 0. The van der Waals surface area contributed by atoms with E-state index in [1.807, 2.05) is 45.0 Å². The van der Waals surface area contributed by atoms with Gasteiger partial charge in [0, 0.05) is 50.6 Å². The molecule has 9 heteroatoms. The lowest BCUT2D eigenvalue weighted by Crippen LogP contribution is -2.57. The molecule has 0 spiro atoms. The first kappa shape index (κ1) is 26.1. The summed E-state index contributed by atoms with van der Waals surface area (Å²) in [4.78, 5) is 46.0. The molecule has 1 aliphatic carbocycles. The van der Waals surface area contributed by atoms with Crippen molar-refractivity contribution in [1.82, 2.24) is 15.1 Å². The molecule has 5 rings (SSSR count). The monoisotopic (exact) mass is 512 g/mol. The van der Waals surface area contributed by atoms with Gasteiger partial charge in [-0.1, -0.05) is 27.2 Å². The third-order valence-corrected chi connectivity index (χ3v) is 8.51. The average molecular weight is 513 g/mol. The van der Waals surface area contributed by atoms with E-state index in [1.54, 1.807) is 7.11 Å². The number of ether oxygens (including phenoxy) is 2. The minimum absolute atomic E-state index is 0.0203. The van der Waals surface area contributed by atoms with Gasteiger partial charge in [0.1, 0.15) is 30.9 Å². The Kier molecular flexibility index (Phi) is 7.31. The molecule has 37 heavy (non-hydrogen) atoms. The van der Waals surface area contributed by atoms with Crippen molar-refractivity contribution in [3.05, 3.63) is 29.8 Å². The van der Waals surface area contributed by atoms with E-state index in [2.05, 4.69) is 15.1 Å². The molecular weight excluding hydrogens is 472 g/mol. The maximum atomic E-state index is 13.7. The zero-order chi connectivity index (χ0) is 26.3. The number of fused-ring (bicyclic) bond motifs is 1. The molecule has 1 aromatic carbocycles. The number of Topliss-reactive ketones (excluding diaryl/α,β-unsaturated/α-hetero) is 1. The number of benzene rings is 1. The van der Waals surface area contributed by atoms with Gasteiger partial charge in [0.05, 0.1) is 6.54 Å². The first-order valence-electron chi connectivity index (χ1n) is 13.5. The molecule has 3 saturated heterocycles. The molecule has 4 fully saturated rings. The van der Waals surface area contributed by atoms with Crippen molar-refractivity contribution in [2.24, 2.45) is 5.41 Å². The quantitative estimate of drug-likeness (QED) is 0.620. The summed E-state index contributed by atoms with van der Waals surface area (Å²) in [7, 11) is 1.56. The lowest BCUT2D eigenvalue weighted by atomic mass is 9.85. The van der Waals surface area contributed by atoms with Crippen molar-refractivity contribution in [1.29, 1.82) is 0 Å². The van der Waals surface area contributed by atoms with Gasteiger partial charge in [0.15, 0.2) is 5.78 Å². The minimum atomic E-state index is -0.802. The van der Waals surface area contributed by atoms with Gasteiger partial charge in [-0.25, -0.2) is 0 Å². The molecule has 0 bridgehead atoms. The van der Waals surface area contributed by atoms with Crippen molar-refractivity contribution in [3.63, 3.8) is 0 Å². The number of hydrogen-bond donors (Lipinski definition) is 1. The lowest BCUT2D eigenvalue weighted by molar-refractivity contribution is -0.140. The van der Waals surface area contributed by atoms with Crippen LogP contribution in [0.5, 0.6) is 0 Å². The van der Waals surface area contributed by atoms with Crippen molar-refractivity contribution in [2.45, 2.75) is 70.4 Å². The highest BCUT2D eigenvalue weighted by Gasteiger charge is 2.54. The molecule has 1 aromatic rings. The summed E-state index contributed by atoms with van der Waals surface area (Å²) in [5.41, 5.74) is 1.06. The Morgan fingerprint density at radius 1 is 1.08 bits per heavy atom. The van der Waals surface area contributed by atoms with Crippen LogP contribution in [0.1, 0.15) is 50.4 Å². The largest absolute Gasteiger partial charge is 0.377 e. The van der Waals surface area contributed by atoms with E-state index in [9.17, 15) is 14.4 Å². The summed E-state index contributed by atoms with van der Waals surface area (Å²) in [5.74, 6) is -0.709. The van der Waals surface area contributed by atoms with Gasteiger partial charge in [-0.05, 0) is 42.5 Å². The Morgan fingerprint density at radius 2 is 1.76 bits per heavy atom. The maximum Gasteiger partial charge on any atom is 0.251 e. The fourth-order valence-corrected chi connectivity index (χ4v) is 6.00. The van der Waals surface area contributed by atoms with Gasteiger partial charge >= 0.3 is 0 Å². The van der Waals surface area contributed by atoms with Crippen LogP contribution in [-0.4, -0.2) is 104 Å².